The minimum Gasteiger partial charge on any atom is -0.325 e. The summed E-state index contributed by atoms with van der Waals surface area (Å²) in [4.78, 5) is 12.2. The summed E-state index contributed by atoms with van der Waals surface area (Å²) in [6.07, 6.45) is 0. The molecule has 0 saturated carbocycles. The average molecular weight is 441 g/mol. The van der Waals surface area contributed by atoms with Crippen molar-refractivity contribution in [2.75, 3.05) is 18.9 Å². The molecule has 130 valence electrons. The van der Waals surface area contributed by atoms with Gasteiger partial charge in [-0.25, -0.2) is 8.42 Å². The van der Waals surface area contributed by atoms with E-state index in [1.54, 1.807) is 36.4 Å². The Morgan fingerprint density at radius 1 is 1.20 bits per heavy atom. The van der Waals surface area contributed by atoms with Gasteiger partial charge >= 0.3 is 0 Å². The van der Waals surface area contributed by atoms with E-state index in [4.69, 9.17) is 0 Å². The van der Waals surface area contributed by atoms with E-state index in [1.807, 2.05) is 0 Å². The maximum atomic E-state index is 12.8. The van der Waals surface area contributed by atoms with Gasteiger partial charge in [-0.3, -0.25) is 4.79 Å². The summed E-state index contributed by atoms with van der Waals surface area (Å²) in [6.45, 7) is -0.313. The quantitative estimate of drug-likeness (QED) is 0.658. The number of benzene rings is 2. The van der Waals surface area contributed by atoms with Gasteiger partial charge in [0.1, 0.15) is 15.9 Å². The van der Waals surface area contributed by atoms with Crippen LogP contribution in [0.5, 0.6) is 0 Å². The fourth-order valence-corrected chi connectivity index (χ4v) is 4.32. The Labute approximate surface area is 157 Å². The van der Waals surface area contributed by atoms with Crippen LogP contribution < -0.4 is 5.32 Å². The minimum atomic E-state index is -3.86. The van der Waals surface area contributed by atoms with Gasteiger partial charge in [0.2, 0.25) is 15.9 Å². The van der Waals surface area contributed by atoms with Crippen LogP contribution in [0.3, 0.4) is 0 Å². The van der Waals surface area contributed by atoms with Crippen LogP contribution in [0.15, 0.2) is 51.8 Å². The van der Waals surface area contributed by atoms with Gasteiger partial charge < -0.3 is 5.32 Å². The Morgan fingerprint density at radius 2 is 1.92 bits per heavy atom. The van der Waals surface area contributed by atoms with Crippen molar-refractivity contribution >= 4 is 60.3 Å². The fourth-order valence-electron chi connectivity index (χ4n) is 2.18. The summed E-state index contributed by atoms with van der Waals surface area (Å²) < 4.78 is 35.5. The maximum Gasteiger partial charge on any atom is 0.245 e. The first-order chi connectivity index (χ1) is 11.9. The molecule has 1 amide bonds. The maximum absolute atomic E-state index is 12.8. The Balaban J connectivity index is 1.77. The average Bonchev–Trinajstić information content (AvgIpc) is 3.05. The molecule has 0 aliphatic carbocycles. The number of hydrogen-bond donors (Lipinski definition) is 1. The first-order valence-corrected chi connectivity index (χ1v) is 10.1. The first kappa shape index (κ1) is 17.9. The molecule has 0 spiro atoms. The number of amides is 1. The highest BCUT2D eigenvalue weighted by Gasteiger charge is 2.26. The van der Waals surface area contributed by atoms with Gasteiger partial charge in [0, 0.05) is 17.2 Å². The van der Waals surface area contributed by atoms with E-state index in [1.165, 1.54) is 13.1 Å². The second kappa shape index (κ2) is 7.16. The fraction of sp³-hybridized carbons (Fsp3) is 0.133. The molecular formula is C15H13BrN4O3S2. The van der Waals surface area contributed by atoms with Gasteiger partial charge in [0.25, 0.3) is 0 Å². The topological polar surface area (TPSA) is 92.3 Å². The van der Waals surface area contributed by atoms with Crippen LogP contribution >= 0.6 is 27.7 Å². The molecule has 0 radical (unpaired) electrons. The number of carbonyl (C=O) groups excluding carboxylic acids is 1. The summed E-state index contributed by atoms with van der Waals surface area (Å²) in [5.41, 5.74) is 1.41. The highest BCUT2D eigenvalue weighted by Crippen LogP contribution is 2.23. The third kappa shape index (κ3) is 3.87. The SMILES string of the molecule is CN(CC(=O)Nc1ccc(Br)cc1)S(=O)(=O)c1cccc2nsnc12. The number of carbonyl (C=O) groups is 1. The van der Waals surface area contributed by atoms with Crippen molar-refractivity contribution < 1.29 is 13.2 Å². The second-order valence-electron chi connectivity index (χ2n) is 5.20. The van der Waals surface area contributed by atoms with E-state index in [-0.39, 0.29) is 11.4 Å². The van der Waals surface area contributed by atoms with E-state index in [9.17, 15) is 13.2 Å². The van der Waals surface area contributed by atoms with E-state index in [0.717, 1.165) is 20.5 Å². The van der Waals surface area contributed by atoms with Gasteiger partial charge in [-0.15, -0.1) is 0 Å². The second-order valence-corrected chi connectivity index (χ2v) is 8.66. The number of sulfonamides is 1. The minimum absolute atomic E-state index is 0.0395. The van der Waals surface area contributed by atoms with Crippen LogP contribution in [0.2, 0.25) is 0 Å². The Bertz CT molecular complexity index is 1020. The van der Waals surface area contributed by atoms with E-state index >= 15 is 0 Å². The van der Waals surface area contributed by atoms with Crippen LogP contribution in [0.4, 0.5) is 5.69 Å². The van der Waals surface area contributed by atoms with Gasteiger partial charge in [-0.1, -0.05) is 22.0 Å². The smallest absolute Gasteiger partial charge is 0.245 e. The lowest BCUT2D eigenvalue weighted by molar-refractivity contribution is -0.116. The molecule has 10 heteroatoms. The Kier molecular flexibility index (Phi) is 5.13. The van der Waals surface area contributed by atoms with Crippen molar-refractivity contribution in [2.45, 2.75) is 4.90 Å². The lowest BCUT2D eigenvalue weighted by Gasteiger charge is -2.17. The molecule has 0 bridgehead atoms. The molecule has 0 aliphatic heterocycles. The van der Waals surface area contributed by atoms with Gasteiger partial charge in [0.15, 0.2) is 0 Å². The van der Waals surface area contributed by atoms with Crippen LogP contribution in [0.1, 0.15) is 0 Å². The lowest BCUT2D eigenvalue weighted by Crippen LogP contribution is -2.35. The van der Waals surface area contributed by atoms with Crippen LogP contribution in [0, 0.1) is 0 Å². The van der Waals surface area contributed by atoms with Crippen molar-refractivity contribution in [2.24, 2.45) is 0 Å². The van der Waals surface area contributed by atoms with Crippen molar-refractivity contribution in [3.8, 4) is 0 Å². The third-order valence-corrected chi connectivity index (χ3v) is 6.34. The standard InChI is InChI=1S/C15H13BrN4O3S2/c1-20(9-14(21)17-11-7-5-10(16)6-8-11)25(22,23)13-4-2-3-12-15(13)19-24-18-12/h2-8H,9H2,1H3,(H,17,21). The normalized spacial score (nSPS) is 11.8. The molecule has 3 aromatic rings. The van der Waals surface area contributed by atoms with E-state index in [2.05, 4.69) is 30.0 Å². The van der Waals surface area contributed by atoms with Gasteiger partial charge in [-0.2, -0.15) is 13.1 Å². The number of nitrogens with one attached hydrogen (secondary N) is 1. The van der Waals surface area contributed by atoms with Crippen LogP contribution in [-0.2, 0) is 14.8 Å². The number of halogens is 1. The number of aromatic nitrogens is 2. The molecule has 25 heavy (non-hydrogen) atoms. The highest BCUT2D eigenvalue weighted by molar-refractivity contribution is 9.10. The molecule has 3 rings (SSSR count). The van der Waals surface area contributed by atoms with Gasteiger partial charge in [-0.05, 0) is 36.4 Å². The number of fused-ring (bicyclic) bond motifs is 1. The van der Waals surface area contributed by atoms with Crippen LogP contribution in [0.25, 0.3) is 11.0 Å². The van der Waals surface area contributed by atoms with E-state index in [0.29, 0.717) is 16.7 Å². The summed E-state index contributed by atoms with van der Waals surface area (Å²) in [5, 5.41) is 2.66. The first-order valence-electron chi connectivity index (χ1n) is 7.11. The predicted octanol–water partition coefficient (Wildman–Crippen LogP) is 2.71. The predicted molar refractivity (Wildman–Crippen MR) is 100 cm³/mol. The van der Waals surface area contributed by atoms with Crippen LogP contribution in [-0.4, -0.2) is 41.0 Å². The van der Waals surface area contributed by atoms with Crippen molar-refractivity contribution in [3.63, 3.8) is 0 Å². The van der Waals surface area contributed by atoms with Crippen molar-refractivity contribution in [1.29, 1.82) is 0 Å². The number of nitrogens with zero attached hydrogens (tertiary/aromatic N) is 3. The Morgan fingerprint density at radius 3 is 2.64 bits per heavy atom. The van der Waals surface area contributed by atoms with Crippen molar-refractivity contribution in [3.05, 3.63) is 46.9 Å². The largest absolute Gasteiger partial charge is 0.325 e. The molecule has 0 saturated heterocycles. The number of hydrogen-bond acceptors (Lipinski definition) is 6. The molecular weight excluding hydrogens is 428 g/mol. The highest BCUT2D eigenvalue weighted by atomic mass is 79.9. The molecule has 7 nitrogen and oxygen atoms in total. The summed E-state index contributed by atoms with van der Waals surface area (Å²) in [7, 11) is -2.50. The molecule has 1 N–H and O–H groups in total. The van der Waals surface area contributed by atoms with E-state index < -0.39 is 15.9 Å². The number of rotatable bonds is 5. The zero-order valence-corrected chi connectivity index (χ0v) is 16.2. The zero-order valence-electron chi connectivity index (χ0n) is 13.0. The Hall–Kier alpha value is -1.88. The molecule has 0 fully saturated rings. The number of anilines is 1. The molecule has 1 aromatic heterocycles. The van der Waals surface area contributed by atoms with Crippen molar-refractivity contribution in [1.82, 2.24) is 13.1 Å². The molecule has 2 aromatic carbocycles. The monoisotopic (exact) mass is 440 g/mol. The lowest BCUT2D eigenvalue weighted by atomic mass is 10.3. The summed E-state index contributed by atoms with van der Waals surface area (Å²) >= 11 is 4.26. The zero-order chi connectivity index (χ0) is 18.0. The molecule has 0 unspecified atom stereocenters. The molecule has 0 aliphatic rings. The summed E-state index contributed by atoms with van der Waals surface area (Å²) in [5.74, 6) is -0.433. The summed E-state index contributed by atoms with van der Waals surface area (Å²) in [6, 6.07) is 11.8. The molecule has 0 atom stereocenters. The molecule has 1 heterocycles. The number of likely N-dealkylation sites (N-methyl/N-ethyl adjacent to an activating group) is 1. The van der Waals surface area contributed by atoms with Gasteiger partial charge in [0.05, 0.1) is 18.3 Å². The third-order valence-electron chi connectivity index (χ3n) is 3.43.